The van der Waals surface area contributed by atoms with E-state index in [1.807, 2.05) is 13.8 Å². The molecule has 1 amide bonds. The Morgan fingerprint density at radius 2 is 2.15 bits per heavy atom. The van der Waals surface area contributed by atoms with Crippen LogP contribution in [-0.2, 0) is 14.6 Å². The van der Waals surface area contributed by atoms with Crippen LogP contribution in [0, 0.1) is 0 Å². The van der Waals surface area contributed by atoms with Crippen molar-refractivity contribution in [1.82, 2.24) is 4.90 Å². The van der Waals surface area contributed by atoms with Crippen molar-refractivity contribution in [3.63, 3.8) is 0 Å². The van der Waals surface area contributed by atoms with Gasteiger partial charge in [0.15, 0.2) is 9.84 Å². The van der Waals surface area contributed by atoms with Crippen molar-refractivity contribution in [2.24, 2.45) is 5.73 Å². The van der Waals surface area contributed by atoms with Crippen LogP contribution in [0.15, 0.2) is 35.0 Å². The predicted octanol–water partition coefficient (Wildman–Crippen LogP) is 2.66. The Bertz CT molecular complexity index is 824. The zero-order chi connectivity index (χ0) is 19.5. The molecule has 26 heavy (non-hydrogen) atoms. The van der Waals surface area contributed by atoms with Crippen LogP contribution in [0.2, 0.25) is 5.02 Å². The van der Waals surface area contributed by atoms with E-state index in [0.717, 1.165) is 0 Å². The summed E-state index contributed by atoms with van der Waals surface area (Å²) in [5.74, 6) is -0.331. The molecule has 0 aromatic heterocycles. The lowest BCUT2D eigenvalue weighted by molar-refractivity contribution is -0.129. The first-order valence-corrected chi connectivity index (χ1v) is 10.1. The second kappa shape index (κ2) is 7.94. The van der Waals surface area contributed by atoms with E-state index in [9.17, 15) is 17.6 Å². The number of hydrogen-bond donors (Lipinski definition) is 1. The highest BCUT2D eigenvalue weighted by Crippen LogP contribution is 2.33. The highest BCUT2D eigenvalue weighted by molar-refractivity contribution is 7.91. The maximum Gasteiger partial charge on any atom is 0.223 e. The number of halogens is 2. The highest BCUT2D eigenvalue weighted by Gasteiger charge is 2.40. The Morgan fingerprint density at radius 1 is 1.46 bits per heavy atom. The van der Waals surface area contributed by atoms with Crippen molar-refractivity contribution >= 4 is 27.3 Å². The van der Waals surface area contributed by atoms with E-state index in [1.54, 1.807) is 0 Å². The fourth-order valence-electron chi connectivity index (χ4n) is 2.64. The van der Waals surface area contributed by atoms with Crippen molar-refractivity contribution < 1.29 is 22.3 Å². The molecule has 2 N–H and O–H groups in total. The molecule has 144 valence electrons. The second-order valence-corrected chi connectivity index (χ2v) is 9.07. The van der Waals surface area contributed by atoms with Gasteiger partial charge in [0.2, 0.25) is 5.91 Å². The van der Waals surface area contributed by atoms with E-state index in [0.29, 0.717) is 24.9 Å². The number of carbonyl (C=O) groups excluding carboxylic acids is 1. The molecule has 1 aliphatic heterocycles. The molecule has 0 saturated carbocycles. The number of sulfone groups is 1. The first-order chi connectivity index (χ1) is 12.1. The molecule has 1 heterocycles. The first-order valence-electron chi connectivity index (χ1n) is 8.04. The lowest BCUT2D eigenvalue weighted by Crippen LogP contribution is -2.43. The Morgan fingerprint density at radius 3 is 2.65 bits per heavy atom. The molecule has 9 heteroatoms. The van der Waals surface area contributed by atoms with Crippen LogP contribution in [0.25, 0.3) is 0 Å². The van der Waals surface area contributed by atoms with Gasteiger partial charge >= 0.3 is 0 Å². The Kier molecular flexibility index (Phi) is 6.31. The average molecular weight is 405 g/mol. The van der Waals surface area contributed by atoms with Gasteiger partial charge in [-0.1, -0.05) is 11.6 Å². The Labute approximate surface area is 157 Å². The number of carbonyl (C=O) groups is 1. The summed E-state index contributed by atoms with van der Waals surface area (Å²) in [6.45, 7) is 3.61. The number of nitrogens with zero attached hydrogens (tertiary/aromatic N) is 1. The molecule has 0 atom stereocenters. The smallest absolute Gasteiger partial charge is 0.223 e. The number of ether oxygens (including phenoxy) is 1. The minimum Gasteiger partial charge on any atom is -0.489 e. The molecule has 1 aliphatic rings. The third-order valence-electron chi connectivity index (χ3n) is 4.36. The van der Waals surface area contributed by atoms with E-state index in [-0.39, 0.29) is 34.6 Å². The number of rotatable bonds is 7. The summed E-state index contributed by atoms with van der Waals surface area (Å²) >= 11 is 6.11. The number of hydrogen-bond acceptors (Lipinski definition) is 5. The van der Waals surface area contributed by atoms with E-state index < -0.39 is 21.3 Å². The predicted molar refractivity (Wildman–Crippen MR) is 97.4 cm³/mol. The van der Waals surface area contributed by atoms with Crippen LogP contribution in [0.5, 0.6) is 5.75 Å². The molecular formula is C17H22ClFN2O4S. The molecule has 1 aromatic carbocycles. The molecule has 6 nitrogen and oxygen atoms in total. The SMILES string of the molecule is CC1(C)CCC(=O)N1CS(=O)(=O)c1ccc(OCC(=CF)CN)cc1Cl. The van der Waals surface area contributed by atoms with Gasteiger partial charge in [0.05, 0.1) is 16.2 Å². The normalized spacial score (nSPS) is 17.7. The summed E-state index contributed by atoms with van der Waals surface area (Å²) in [6.07, 6.45) is 1.30. The van der Waals surface area contributed by atoms with Gasteiger partial charge in [-0.05, 0) is 32.4 Å². The number of amides is 1. The summed E-state index contributed by atoms with van der Waals surface area (Å²) in [5, 5.41) is -0.0227. The molecular weight excluding hydrogens is 383 g/mol. The third-order valence-corrected chi connectivity index (χ3v) is 6.41. The molecule has 0 unspecified atom stereocenters. The first kappa shape index (κ1) is 20.7. The standard InChI is InChI=1S/C17H22ClFN2O4S/c1-17(2)6-5-16(22)21(17)11-26(23,24)15-4-3-13(7-14(15)18)25-10-12(8-19)9-20/h3-4,7-8H,5-6,9-11,20H2,1-2H3. The lowest BCUT2D eigenvalue weighted by Gasteiger charge is -2.31. The van der Waals surface area contributed by atoms with Gasteiger partial charge in [-0.25, -0.2) is 12.8 Å². The monoisotopic (exact) mass is 404 g/mol. The van der Waals surface area contributed by atoms with Gasteiger partial charge in [-0.2, -0.15) is 0 Å². The number of benzene rings is 1. The number of nitrogens with two attached hydrogens (primary N) is 1. The average Bonchev–Trinajstić information content (AvgIpc) is 2.82. The summed E-state index contributed by atoms with van der Waals surface area (Å²) in [7, 11) is -3.81. The molecule has 0 aliphatic carbocycles. The molecule has 0 spiro atoms. The van der Waals surface area contributed by atoms with Crippen molar-refractivity contribution in [3.05, 3.63) is 35.1 Å². The van der Waals surface area contributed by atoms with E-state index in [1.165, 1.54) is 23.1 Å². The van der Waals surface area contributed by atoms with Gasteiger partial charge in [-0.3, -0.25) is 4.79 Å². The van der Waals surface area contributed by atoms with Crippen LogP contribution < -0.4 is 10.5 Å². The van der Waals surface area contributed by atoms with Crippen LogP contribution >= 0.6 is 11.6 Å². The molecule has 1 fully saturated rings. The molecule has 1 saturated heterocycles. The van der Waals surface area contributed by atoms with Crippen molar-refractivity contribution in [1.29, 1.82) is 0 Å². The zero-order valence-electron chi connectivity index (χ0n) is 14.7. The summed E-state index contributed by atoms with van der Waals surface area (Å²) in [5.41, 5.74) is 5.08. The quantitative estimate of drug-likeness (QED) is 0.754. The summed E-state index contributed by atoms with van der Waals surface area (Å²) in [4.78, 5) is 13.3. The third kappa shape index (κ3) is 4.55. The van der Waals surface area contributed by atoms with Crippen LogP contribution in [-0.4, -0.2) is 43.8 Å². The molecule has 2 rings (SSSR count). The lowest BCUT2D eigenvalue weighted by atomic mass is 10.0. The number of likely N-dealkylation sites (tertiary alicyclic amines) is 1. The van der Waals surface area contributed by atoms with E-state index >= 15 is 0 Å². The van der Waals surface area contributed by atoms with Gasteiger partial charge < -0.3 is 15.4 Å². The second-order valence-electron chi connectivity index (χ2n) is 6.73. The van der Waals surface area contributed by atoms with Gasteiger partial charge in [-0.15, -0.1) is 0 Å². The van der Waals surface area contributed by atoms with Crippen molar-refractivity contribution in [2.75, 3.05) is 19.0 Å². The minimum atomic E-state index is -3.81. The summed E-state index contributed by atoms with van der Waals surface area (Å²) < 4.78 is 43.3. The van der Waals surface area contributed by atoms with Gasteiger partial charge in [0, 0.05) is 30.1 Å². The van der Waals surface area contributed by atoms with Crippen LogP contribution in [0.3, 0.4) is 0 Å². The van der Waals surface area contributed by atoms with Crippen LogP contribution in [0.1, 0.15) is 26.7 Å². The minimum absolute atomic E-state index is 0.0103. The summed E-state index contributed by atoms with van der Waals surface area (Å²) in [6, 6.07) is 4.10. The maximum absolute atomic E-state index is 12.7. The van der Waals surface area contributed by atoms with Gasteiger partial charge in [0.25, 0.3) is 0 Å². The largest absolute Gasteiger partial charge is 0.489 e. The van der Waals surface area contributed by atoms with Crippen molar-refractivity contribution in [2.45, 2.75) is 37.1 Å². The zero-order valence-corrected chi connectivity index (χ0v) is 16.2. The molecule has 1 aromatic rings. The van der Waals surface area contributed by atoms with E-state index in [4.69, 9.17) is 22.1 Å². The molecule has 0 radical (unpaired) electrons. The van der Waals surface area contributed by atoms with Crippen LogP contribution in [0.4, 0.5) is 4.39 Å². The fourth-order valence-corrected chi connectivity index (χ4v) is 4.77. The highest BCUT2D eigenvalue weighted by atomic mass is 35.5. The Balaban J connectivity index is 2.18. The van der Waals surface area contributed by atoms with Gasteiger partial charge in [0.1, 0.15) is 18.2 Å². The van der Waals surface area contributed by atoms with Crippen molar-refractivity contribution in [3.8, 4) is 5.75 Å². The Hall–Kier alpha value is -1.64. The molecule has 0 bridgehead atoms. The van der Waals surface area contributed by atoms with E-state index in [2.05, 4.69) is 0 Å². The topological polar surface area (TPSA) is 89.7 Å². The fraction of sp³-hybridized carbons (Fsp3) is 0.471. The maximum atomic E-state index is 12.7.